The number of nitrogens with zero attached hydrogens (tertiary/aromatic N) is 3. The summed E-state index contributed by atoms with van der Waals surface area (Å²) in [5.41, 5.74) is 6.86. The molecule has 0 aliphatic heterocycles. The van der Waals surface area contributed by atoms with Gasteiger partial charge in [0.15, 0.2) is 23.3 Å². The van der Waals surface area contributed by atoms with Gasteiger partial charge in [-0.05, 0) is 70.3 Å². The van der Waals surface area contributed by atoms with Crippen LogP contribution in [0.4, 0.5) is 22.0 Å². The largest absolute Gasteiger partial charge is 0.501 e. The summed E-state index contributed by atoms with van der Waals surface area (Å²) in [7, 11) is 0. The van der Waals surface area contributed by atoms with E-state index < -0.39 is 46.4 Å². The Morgan fingerprint density at radius 2 is 1.38 bits per heavy atom. The quantitative estimate of drug-likeness (QED) is 0.0691. The van der Waals surface area contributed by atoms with Crippen molar-refractivity contribution in [3.63, 3.8) is 0 Å². The Hall–Kier alpha value is -5.96. The summed E-state index contributed by atoms with van der Waals surface area (Å²) < 4.78 is 95.3. The van der Waals surface area contributed by atoms with Gasteiger partial charge in [-0.3, -0.25) is 4.98 Å². The van der Waals surface area contributed by atoms with Crippen LogP contribution in [-0.4, -0.2) is 14.5 Å². The third-order valence-electron chi connectivity index (χ3n) is 10.5. The molecular formula is C53H44F5IrN3O-2. The van der Waals surface area contributed by atoms with Gasteiger partial charge in [0.2, 0.25) is 5.82 Å². The molecule has 9 aromatic rings. The Morgan fingerprint density at radius 1 is 0.714 bits per heavy atom. The smallest absolute Gasteiger partial charge is 0.200 e. The van der Waals surface area contributed by atoms with Gasteiger partial charge in [0, 0.05) is 40.1 Å². The van der Waals surface area contributed by atoms with Crippen molar-refractivity contribution in [3.05, 3.63) is 173 Å². The van der Waals surface area contributed by atoms with Crippen LogP contribution < -0.4 is 0 Å². The number of pyridine rings is 1. The summed E-state index contributed by atoms with van der Waals surface area (Å²) in [6.45, 7) is 14.4. The predicted molar refractivity (Wildman–Crippen MR) is 238 cm³/mol. The molecule has 0 spiro atoms. The molecule has 0 atom stereocenters. The molecule has 0 amide bonds. The van der Waals surface area contributed by atoms with E-state index >= 15 is 0 Å². The fourth-order valence-electron chi connectivity index (χ4n) is 7.76. The maximum atomic E-state index is 14.4. The molecule has 0 unspecified atom stereocenters. The first-order chi connectivity index (χ1) is 30.4. The maximum Gasteiger partial charge on any atom is 0.200 e. The number of halogens is 5. The fraction of sp³-hybridized carbons (Fsp3) is 0.208. The molecule has 0 saturated heterocycles. The zero-order valence-corrected chi connectivity index (χ0v) is 38.0. The number of rotatable bonds is 7. The number of hydrogen-bond acceptors (Lipinski definition) is 3. The first kappa shape index (κ1) is 42.3. The van der Waals surface area contributed by atoms with Crippen molar-refractivity contribution in [3.8, 4) is 39.5 Å². The van der Waals surface area contributed by atoms with E-state index in [1.54, 1.807) is 45.0 Å². The van der Waals surface area contributed by atoms with Crippen LogP contribution in [0.25, 0.3) is 72.4 Å². The first-order valence-electron chi connectivity index (χ1n) is 21.3. The third-order valence-corrected chi connectivity index (χ3v) is 10.5. The number of fused-ring (bicyclic) bond motifs is 4. The molecule has 3 aromatic heterocycles. The van der Waals surface area contributed by atoms with Crippen molar-refractivity contribution in [2.75, 3.05) is 0 Å². The van der Waals surface area contributed by atoms with Crippen LogP contribution in [0.15, 0.2) is 120 Å². The number of aromatic nitrogens is 3. The van der Waals surface area contributed by atoms with Crippen molar-refractivity contribution >= 4 is 33.0 Å². The minimum absolute atomic E-state index is 0. The van der Waals surface area contributed by atoms with Gasteiger partial charge in [-0.2, -0.15) is 0 Å². The fourth-order valence-corrected chi connectivity index (χ4v) is 7.76. The summed E-state index contributed by atoms with van der Waals surface area (Å²) in [4.78, 5) is 9.36. The maximum absolute atomic E-state index is 14.4. The van der Waals surface area contributed by atoms with E-state index in [4.69, 9.17) is 12.1 Å². The summed E-state index contributed by atoms with van der Waals surface area (Å²) in [6.07, 6.45) is -0.180. The molecule has 0 fully saturated rings. The Morgan fingerprint density at radius 3 is 2.03 bits per heavy atom. The number of imidazole rings is 1. The van der Waals surface area contributed by atoms with E-state index in [2.05, 4.69) is 97.9 Å². The van der Waals surface area contributed by atoms with E-state index in [-0.39, 0.29) is 31.3 Å². The Bertz CT molecular complexity index is 3160. The van der Waals surface area contributed by atoms with E-state index in [1.165, 1.54) is 41.2 Å². The molecule has 0 bridgehead atoms. The van der Waals surface area contributed by atoms with Gasteiger partial charge in [0.1, 0.15) is 5.58 Å². The summed E-state index contributed by atoms with van der Waals surface area (Å²) in [6, 6.07) is 40.1. The molecule has 10 heteroatoms. The number of benzene rings is 6. The molecule has 0 aliphatic rings. The molecule has 6 aromatic carbocycles. The minimum Gasteiger partial charge on any atom is -0.501 e. The monoisotopic (exact) mass is 1030 g/mol. The molecule has 63 heavy (non-hydrogen) atoms. The first-order valence-corrected chi connectivity index (χ1v) is 20.3. The number of hydrogen-bond donors (Lipinski definition) is 0. The molecule has 0 N–H and O–H groups in total. The molecule has 4 nitrogen and oxygen atoms in total. The van der Waals surface area contributed by atoms with Gasteiger partial charge in [0.25, 0.3) is 0 Å². The van der Waals surface area contributed by atoms with E-state index in [9.17, 15) is 22.0 Å². The van der Waals surface area contributed by atoms with Crippen molar-refractivity contribution in [1.29, 1.82) is 0 Å². The van der Waals surface area contributed by atoms with Gasteiger partial charge < -0.3 is 14.0 Å². The molecule has 9 rings (SSSR count). The molecular weight excluding hydrogens is 982 g/mol. The van der Waals surface area contributed by atoms with E-state index in [1.807, 2.05) is 18.2 Å². The summed E-state index contributed by atoms with van der Waals surface area (Å²) in [5.74, 6) is -8.36. The topological polar surface area (TPSA) is 43.9 Å². The van der Waals surface area contributed by atoms with Gasteiger partial charge >= 0.3 is 0 Å². The SMILES string of the molecule is CC(C)c1cccc(C(C)C)c1-n1c(-c2[c-]cccc2)nc2ccccc21.[2H]C([2H])(c1ccnc(-c2[c-]ccc3c2oc2cc(-c4c(F)c(F)c(F)c(F)c4F)ccc23)c1)C(C)(C)C.[Ir]. The van der Waals surface area contributed by atoms with Crippen LogP contribution in [0.2, 0.25) is 0 Å². The second-order valence-electron chi connectivity index (χ2n) is 16.8. The van der Waals surface area contributed by atoms with Crippen molar-refractivity contribution < 1.29 is 49.2 Å². The van der Waals surface area contributed by atoms with Crippen molar-refractivity contribution in [2.24, 2.45) is 5.41 Å². The molecule has 0 aliphatic carbocycles. The van der Waals surface area contributed by atoms with Crippen LogP contribution in [0.3, 0.4) is 0 Å². The van der Waals surface area contributed by atoms with Crippen molar-refractivity contribution in [1.82, 2.24) is 14.5 Å². The Kier molecular flexibility index (Phi) is 12.1. The average Bonchev–Trinajstić information content (AvgIpc) is 3.86. The third kappa shape index (κ3) is 8.71. The van der Waals surface area contributed by atoms with E-state index in [0.717, 1.165) is 22.4 Å². The predicted octanol–water partition coefficient (Wildman–Crippen LogP) is 15.1. The Balaban J connectivity index is 0.000000200. The standard InChI is InChI=1S/C28H19F5NO.C25H25N2.Ir/c1-28(2,3)13-14-9-10-34-19(11-14)18-6-4-5-17-16-8-7-15(12-20(16)35-27(17)18)21-22(29)24(31)26(33)25(32)23(21)30;1-17(2)20-13-10-14-21(18(3)4)24(20)27-23-16-9-8-15-22(23)26-25(27)19-11-6-5-7-12-19;/h4-5,7-12H,13H2,1-3H3;5-11,13-18H,1-4H3;/q2*-1;/i13D2;;. The molecule has 323 valence electrons. The minimum atomic E-state index is -2.23. The van der Waals surface area contributed by atoms with Gasteiger partial charge in [-0.15, -0.1) is 54.1 Å². The van der Waals surface area contributed by atoms with Crippen LogP contribution in [0.1, 0.15) is 79.7 Å². The molecule has 1 radical (unpaired) electrons. The van der Waals surface area contributed by atoms with Gasteiger partial charge in [-0.1, -0.05) is 114 Å². The summed E-state index contributed by atoms with van der Waals surface area (Å²) >= 11 is 0. The second kappa shape index (κ2) is 18.0. The molecule has 3 heterocycles. The zero-order chi connectivity index (χ0) is 45.8. The second-order valence-corrected chi connectivity index (χ2v) is 16.8. The zero-order valence-electron chi connectivity index (χ0n) is 37.6. The number of furan rings is 1. The Labute approximate surface area is 380 Å². The van der Waals surface area contributed by atoms with Crippen LogP contribution >= 0.6 is 0 Å². The van der Waals surface area contributed by atoms with Crippen LogP contribution in [0.5, 0.6) is 0 Å². The van der Waals surface area contributed by atoms with E-state index in [0.29, 0.717) is 45.0 Å². The van der Waals surface area contributed by atoms with Crippen LogP contribution in [0, 0.1) is 46.6 Å². The normalized spacial score (nSPS) is 12.4. The van der Waals surface area contributed by atoms with Gasteiger partial charge in [-0.25, -0.2) is 22.0 Å². The number of para-hydroxylation sites is 3. The van der Waals surface area contributed by atoms with Crippen molar-refractivity contribution in [2.45, 2.75) is 66.7 Å². The molecule has 0 saturated carbocycles. The summed E-state index contributed by atoms with van der Waals surface area (Å²) in [5, 5.41) is 1.15. The average molecular weight is 1030 g/mol. The van der Waals surface area contributed by atoms with Gasteiger partial charge in [0.05, 0.1) is 28.0 Å². The van der Waals surface area contributed by atoms with Crippen LogP contribution in [-0.2, 0) is 26.5 Å².